The highest BCUT2D eigenvalue weighted by molar-refractivity contribution is 5.94. The quantitative estimate of drug-likeness (QED) is 0.518. The molecular weight excluding hydrogens is 380 g/mol. The zero-order valence-corrected chi connectivity index (χ0v) is 16.7. The molecule has 2 aromatic carbocycles. The summed E-state index contributed by atoms with van der Waals surface area (Å²) in [4.78, 5) is 44.5. The van der Waals surface area contributed by atoms with Gasteiger partial charge >= 0.3 is 0 Å². The van der Waals surface area contributed by atoms with E-state index in [2.05, 4.69) is 4.98 Å². The van der Waals surface area contributed by atoms with Crippen molar-refractivity contribution in [1.29, 1.82) is 0 Å². The molecule has 1 aliphatic heterocycles. The third-order valence-corrected chi connectivity index (χ3v) is 5.76. The van der Waals surface area contributed by atoms with Crippen LogP contribution in [0.4, 0.5) is 0 Å². The molecular formula is C23H20N4O3. The predicted octanol–water partition coefficient (Wildman–Crippen LogP) is 3.11. The normalized spacial score (nSPS) is 16.3. The van der Waals surface area contributed by atoms with Crippen LogP contribution < -0.4 is 5.56 Å². The van der Waals surface area contributed by atoms with Crippen LogP contribution in [0.3, 0.4) is 0 Å². The molecule has 7 nitrogen and oxygen atoms in total. The van der Waals surface area contributed by atoms with Crippen LogP contribution in [0.15, 0.2) is 59.5 Å². The van der Waals surface area contributed by atoms with Crippen molar-refractivity contribution in [2.45, 2.75) is 33.0 Å². The summed E-state index contributed by atoms with van der Waals surface area (Å²) < 4.78 is 3.10. The Morgan fingerprint density at radius 2 is 1.77 bits per heavy atom. The number of rotatable bonds is 2. The van der Waals surface area contributed by atoms with Gasteiger partial charge in [0.05, 0.1) is 23.0 Å². The van der Waals surface area contributed by atoms with Gasteiger partial charge < -0.3 is 4.90 Å². The lowest BCUT2D eigenvalue weighted by Crippen LogP contribution is -2.46. The van der Waals surface area contributed by atoms with Crippen molar-refractivity contribution in [3.63, 3.8) is 0 Å². The van der Waals surface area contributed by atoms with E-state index in [9.17, 15) is 14.4 Å². The predicted molar refractivity (Wildman–Crippen MR) is 113 cm³/mol. The van der Waals surface area contributed by atoms with E-state index in [4.69, 9.17) is 0 Å². The Morgan fingerprint density at radius 3 is 2.53 bits per heavy atom. The molecule has 30 heavy (non-hydrogen) atoms. The van der Waals surface area contributed by atoms with E-state index < -0.39 is 6.04 Å². The zero-order valence-electron chi connectivity index (χ0n) is 16.7. The molecule has 0 N–H and O–H groups in total. The molecule has 0 spiro atoms. The number of carbonyl (C=O) groups excluding carboxylic acids is 2. The van der Waals surface area contributed by atoms with Gasteiger partial charge in [-0.3, -0.25) is 23.5 Å². The lowest BCUT2D eigenvalue weighted by Gasteiger charge is -2.33. The average molecular weight is 400 g/mol. The number of carbonyl (C=O) groups is 2. The molecule has 1 atom stereocenters. The van der Waals surface area contributed by atoms with Gasteiger partial charge in [0.25, 0.3) is 5.56 Å². The van der Waals surface area contributed by atoms with E-state index >= 15 is 0 Å². The van der Waals surface area contributed by atoms with E-state index in [1.54, 1.807) is 34.7 Å². The number of amides is 1. The first-order valence-electron chi connectivity index (χ1n) is 9.84. The molecule has 0 saturated carbocycles. The van der Waals surface area contributed by atoms with Crippen molar-refractivity contribution in [3.8, 4) is 0 Å². The second-order valence-corrected chi connectivity index (χ2v) is 7.65. The van der Waals surface area contributed by atoms with Crippen LogP contribution in [0.2, 0.25) is 0 Å². The molecule has 4 aromatic rings. The van der Waals surface area contributed by atoms with E-state index in [1.807, 2.05) is 36.4 Å². The lowest BCUT2D eigenvalue weighted by molar-refractivity contribution is -0.137. The number of para-hydroxylation sites is 2. The standard InChI is InChI=1S/C23H20N4O3/c1-14-22(29)25(11-16-12-26(15(2)28)20-10-6-4-7-17(16)20)13-21-24-19-9-5-3-8-18(19)23(30)27(14)21/h3-10,12,14H,11,13H2,1-2H3. The van der Waals surface area contributed by atoms with Gasteiger partial charge in [-0.15, -0.1) is 0 Å². The van der Waals surface area contributed by atoms with Gasteiger partial charge in [0.1, 0.15) is 11.9 Å². The van der Waals surface area contributed by atoms with Crippen LogP contribution in [0.5, 0.6) is 0 Å². The monoisotopic (exact) mass is 400 g/mol. The number of aromatic nitrogens is 3. The van der Waals surface area contributed by atoms with Gasteiger partial charge in [-0.25, -0.2) is 4.98 Å². The Hall–Kier alpha value is -3.74. The molecule has 0 fully saturated rings. The third-order valence-electron chi connectivity index (χ3n) is 5.76. The minimum absolute atomic E-state index is 0.0826. The topological polar surface area (TPSA) is 77.2 Å². The summed E-state index contributed by atoms with van der Waals surface area (Å²) >= 11 is 0. The smallest absolute Gasteiger partial charge is 0.262 e. The van der Waals surface area contributed by atoms with Gasteiger partial charge in [-0.1, -0.05) is 30.3 Å². The maximum absolute atomic E-state index is 13.1. The van der Waals surface area contributed by atoms with Crippen molar-refractivity contribution >= 4 is 33.6 Å². The fourth-order valence-electron chi connectivity index (χ4n) is 4.30. The molecule has 0 saturated heterocycles. The summed E-state index contributed by atoms with van der Waals surface area (Å²) in [6.07, 6.45) is 1.79. The molecule has 1 aliphatic rings. The van der Waals surface area contributed by atoms with Crippen molar-refractivity contribution in [1.82, 2.24) is 19.0 Å². The first-order valence-corrected chi connectivity index (χ1v) is 9.84. The van der Waals surface area contributed by atoms with Crippen LogP contribution in [-0.4, -0.2) is 30.8 Å². The number of fused-ring (bicyclic) bond motifs is 3. The Labute approximate surface area is 172 Å². The third kappa shape index (κ3) is 2.66. The van der Waals surface area contributed by atoms with E-state index in [0.29, 0.717) is 23.3 Å². The SMILES string of the molecule is CC(=O)n1cc(CN2Cc3nc4ccccc4c(=O)n3C(C)C2=O)c2ccccc21. The van der Waals surface area contributed by atoms with Gasteiger partial charge in [0.2, 0.25) is 11.8 Å². The summed E-state index contributed by atoms with van der Waals surface area (Å²) in [5.41, 5.74) is 2.14. The molecule has 1 unspecified atom stereocenters. The highest BCUT2D eigenvalue weighted by Crippen LogP contribution is 2.27. The second-order valence-electron chi connectivity index (χ2n) is 7.65. The highest BCUT2D eigenvalue weighted by atomic mass is 16.2. The summed E-state index contributed by atoms with van der Waals surface area (Å²) in [6, 6.07) is 14.2. The maximum atomic E-state index is 13.1. The van der Waals surface area contributed by atoms with E-state index in [0.717, 1.165) is 16.5 Å². The molecule has 7 heteroatoms. The van der Waals surface area contributed by atoms with Crippen molar-refractivity contribution in [3.05, 3.63) is 76.5 Å². The van der Waals surface area contributed by atoms with Crippen LogP contribution in [0.25, 0.3) is 21.8 Å². The Kier molecular flexibility index (Phi) is 4.06. The Balaban J connectivity index is 1.59. The Morgan fingerprint density at radius 1 is 1.07 bits per heavy atom. The summed E-state index contributed by atoms with van der Waals surface area (Å²) in [5.74, 6) is 0.350. The van der Waals surface area contributed by atoms with Crippen LogP contribution >= 0.6 is 0 Å². The number of hydrogen-bond acceptors (Lipinski definition) is 4. The van der Waals surface area contributed by atoms with Crippen molar-refractivity contribution in [2.24, 2.45) is 0 Å². The fraction of sp³-hybridized carbons (Fsp3) is 0.217. The van der Waals surface area contributed by atoms with Gasteiger partial charge in [0, 0.05) is 25.1 Å². The first-order chi connectivity index (χ1) is 14.5. The van der Waals surface area contributed by atoms with Crippen molar-refractivity contribution in [2.75, 3.05) is 0 Å². The highest BCUT2D eigenvalue weighted by Gasteiger charge is 2.32. The van der Waals surface area contributed by atoms with Gasteiger partial charge in [-0.2, -0.15) is 0 Å². The molecule has 0 radical (unpaired) electrons. The van der Waals surface area contributed by atoms with E-state index in [-0.39, 0.29) is 23.9 Å². The summed E-state index contributed by atoms with van der Waals surface area (Å²) in [5, 5.41) is 1.45. The number of hydrogen-bond donors (Lipinski definition) is 0. The molecule has 1 amide bonds. The average Bonchev–Trinajstić information content (AvgIpc) is 3.11. The molecule has 0 bridgehead atoms. The lowest BCUT2D eigenvalue weighted by atomic mass is 10.1. The van der Waals surface area contributed by atoms with E-state index in [1.165, 1.54) is 11.5 Å². The molecule has 3 heterocycles. The zero-order chi connectivity index (χ0) is 21.0. The maximum Gasteiger partial charge on any atom is 0.262 e. The summed E-state index contributed by atoms with van der Waals surface area (Å²) in [6.45, 7) is 3.83. The van der Waals surface area contributed by atoms with Gasteiger partial charge in [0.15, 0.2) is 0 Å². The Bertz CT molecular complexity index is 1400. The number of nitrogens with zero attached hydrogens (tertiary/aromatic N) is 4. The second kappa shape index (κ2) is 6.66. The van der Waals surface area contributed by atoms with Crippen molar-refractivity contribution < 1.29 is 9.59 Å². The largest absolute Gasteiger partial charge is 0.329 e. The molecule has 150 valence electrons. The minimum Gasteiger partial charge on any atom is -0.329 e. The first kappa shape index (κ1) is 18.3. The molecule has 5 rings (SSSR count). The molecule has 0 aliphatic carbocycles. The van der Waals surface area contributed by atoms with Crippen LogP contribution in [-0.2, 0) is 17.9 Å². The van der Waals surface area contributed by atoms with Crippen LogP contribution in [0.1, 0.15) is 36.1 Å². The fourth-order valence-corrected chi connectivity index (χ4v) is 4.30. The van der Waals surface area contributed by atoms with Crippen LogP contribution in [0, 0.1) is 0 Å². The minimum atomic E-state index is -0.639. The molecule has 2 aromatic heterocycles. The van der Waals surface area contributed by atoms with Gasteiger partial charge in [-0.05, 0) is 30.7 Å². The summed E-state index contributed by atoms with van der Waals surface area (Å²) in [7, 11) is 0. The number of benzene rings is 2.